The summed E-state index contributed by atoms with van der Waals surface area (Å²) in [5.74, 6) is 0.984. The fourth-order valence-electron chi connectivity index (χ4n) is 1.29. The monoisotopic (exact) mass is 210 g/mol. The summed E-state index contributed by atoms with van der Waals surface area (Å²) in [5.41, 5.74) is 0.0973. The van der Waals surface area contributed by atoms with Crippen molar-refractivity contribution in [3.05, 3.63) is 12.2 Å². The SMILES string of the molecule is CC(C)(C)NCc1ncnn1C(C)(C)C. The summed E-state index contributed by atoms with van der Waals surface area (Å²) in [5, 5.41) is 7.67. The van der Waals surface area contributed by atoms with Crippen molar-refractivity contribution in [1.29, 1.82) is 0 Å². The second-order valence-corrected chi connectivity index (χ2v) is 5.86. The van der Waals surface area contributed by atoms with Crippen molar-refractivity contribution in [3.63, 3.8) is 0 Å². The fourth-order valence-corrected chi connectivity index (χ4v) is 1.29. The lowest BCUT2D eigenvalue weighted by atomic mass is 10.1. The summed E-state index contributed by atoms with van der Waals surface area (Å²) in [4.78, 5) is 4.28. The van der Waals surface area contributed by atoms with Gasteiger partial charge in [-0.3, -0.25) is 0 Å². The van der Waals surface area contributed by atoms with Crippen molar-refractivity contribution in [2.45, 2.75) is 59.2 Å². The van der Waals surface area contributed by atoms with Crippen LogP contribution in [-0.2, 0) is 12.1 Å². The number of hydrogen-bond donors (Lipinski definition) is 1. The predicted molar refractivity (Wildman–Crippen MR) is 61.6 cm³/mol. The summed E-state index contributed by atoms with van der Waals surface area (Å²) in [6, 6.07) is 0. The molecular formula is C11H22N4. The normalized spacial score (nSPS) is 13.2. The molecule has 4 heteroatoms. The summed E-state index contributed by atoms with van der Waals surface area (Å²) in [6.07, 6.45) is 1.62. The maximum atomic E-state index is 4.28. The first-order valence-electron chi connectivity index (χ1n) is 5.34. The van der Waals surface area contributed by atoms with Gasteiger partial charge in [0.25, 0.3) is 0 Å². The highest BCUT2D eigenvalue weighted by atomic mass is 15.4. The summed E-state index contributed by atoms with van der Waals surface area (Å²) in [6.45, 7) is 13.6. The van der Waals surface area contributed by atoms with Gasteiger partial charge in [-0.1, -0.05) is 0 Å². The number of aromatic nitrogens is 3. The van der Waals surface area contributed by atoms with Gasteiger partial charge in [0, 0.05) is 5.54 Å². The molecular weight excluding hydrogens is 188 g/mol. The van der Waals surface area contributed by atoms with E-state index in [2.05, 4.69) is 56.9 Å². The molecule has 1 N–H and O–H groups in total. The molecule has 0 aliphatic carbocycles. The van der Waals surface area contributed by atoms with Crippen LogP contribution in [0.5, 0.6) is 0 Å². The molecule has 1 heterocycles. The molecule has 0 fully saturated rings. The minimum atomic E-state index is -0.00853. The Morgan fingerprint density at radius 1 is 1.20 bits per heavy atom. The van der Waals surface area contributed by atoms with Gasteiger partial charge in [0.2, 0.25) is 0 Å². The Kier molecular flexibility index (Phi) is 3.19. The van der Waals surface area contributed by atoms with Crippen molar-refractivity contribution in [2.75, 3.05) is 0 Å². The fraction of sp³-hybridized carbons (Fsp3) is 0.818. The predicted octanol–water partition coefficient (Wildman–Crippen LogP) is 1.92. The van der Waals surface area contributed by atoms with E-state index in [0.29, 0.717) is 0 Å². The molecule has 0 saturated carbocycles. The topological polar surface area (TPSA) is 42.7 Å². The lowest BCUT2D eigenvalue weighted by Gasteiger charge is -2.24. The second-order valence-electron chi connectivity index (χ2n) is 5.86. The van der Waals surface area contributed by atoms with E-state index in [1.165, 1.54) is 0 Å². The van der Waals surface area contributed by atoms with Gasteiger partial charge in [-0.15, -0.1) is 0 Å². The van der Waals surface area contributed by atoms with Crippen LogP contribution in [0, 0.1) is 0 Å². The first-order valence-corrected chi connectivity index (χ1v) is 5.34. The number of nitrogens with one attached hydrogen (secondary N) is 1. The summed E-state index contributed by atoms with van der Waals surface area (Å²) in [7, 11) is 0. The van der Waals surface area contributed by atoms with Gasteiger partial charge in [0.05, 0.1) is 12.1 Å². The molecule has 4 nitrogen and oxygen atoms in total. The van der Waals surface area contributed by atoms with E-state index in [9.17, 15) is 0 Å². The third kappa shape index (κ3) is 3.63. The highest BCUT2D eigenvalue weighted by molar-refractivity contribution is 4.91. The van der Waals surface area contributed by atoms with Gasteiger partial charge in [0.15, 0.2) is 0 Å². The molecule has 15 heavy (non-hydrogen) atoms. The van der Waals surface area contributed by atoms with Gasteiger partial charge in [0.1, 0.15) is 12.2 Å². The quantitative estimate of drug-likeness (QED) is 0.811. The molecule has 0 radical (unpaired) electrons. The maximum absolute atomic E-state index is 4.28. The van der Waals surface area contributed by atoms with E-state index in [-0.39, 0.29) is 11.1 Å². The molecule has 0 aromatic carbocycles. The number of nitrogens with zero attached hydrogens (tertiary/aromatic N) is 3. The standard InChI is InChI=1S/C11H22N4/c1-10(2,3)13-7-9-12-8-14-15(9)11(4,5)6/h8,13H,7H2,1-6H3. The maximum Gasteiger partial charge on any atom is 0.141 e. The van der Waals surface area contributed by atoms with Crippen LogP contribution in [0.1, 0.15) is 47.4 Å². The van der Waals surface area contributed by atoms with Gasteiger partial charge in [-0.05, 0) is 41.5 Å². The Labute approximate surface area is 92.1 Å². The molecule has 0 spiro atoms. The van der Waals surface area contributed by atoms with Crippen LogP contribution in [0.25, 0.3) is 0 Å². The number of rotatable bonds is 2. The zero-order valence-corrected chi connectivity index (χ0v) is 10.6. The molecule has 0 aliphatic rings. The van der Waals surface area contributed by atoms with Crippen LogP contribution < -0.4 is 5.32 Å². The van der Waals surface area contributed by atoms with Crippen LogP contribution >= 0.6 is 0 Å². The molecule has 0 saturated heterocycles. The summed E-state index contributed by atoms with van der Waals surface area (Å²) < 4.78 is 1.96. The molecule has 0 aliphatic heterocycles. The van der Waals surface area contributed by atoms with Gasteiger partial charge >= 0.3 is 0 Å². The number of hydrogen-bond acceptors (Lipinski definition) is 3. The molecule has 1 aromatic rings. The highest BCUT2D eigenvalue weighted by Gasteiger charge is 2.19. The Balaban J connectivity index is 2.75. The molecule has 0 atom stereocenters. The lowest BCUT2D eigenvalue weighted by molar-refractivity contribution is 0.326. The average Bonchev–Trinajstić information content (AvgIpc) is 2.45. The minimum Gasteiger partial charge on any atom is -0.305 e. The minimum absolute atomic E-state index is 0.00853. The molecule has 86 valence electrons. The second kappa shape index (κ2) is 3.93. The zero-order valence-electron chi connectivity index (χ0n) is 10.6. The van der Waals surface area contributed by atoms with Gasteiger partial charge in [-0.2, -0.15) is 5.10 Å². The Hall–Kier alpha value is -0.900. The Morgan fingerprint density at radius 2 is 1.80 bits per heavy atom. The zero-order chi connectivity index (χ0) is 11.7. The largest absolute Gasteiger partial charge is 0.305 e. The molecule has 1 aromatic heterocycles. The van der Waals surface area contributed by atoms with Crippen LogP contribution in [0.15, 0.2) is 6.33 Å². The van der Waals surface area contributed by atoms with Crippen molar-refractivity contribution < 1.29 is 0 Å². The van der Waals surface area contributed by atoms with E-state index in [4.69, 9.17) is 0 Å². The van der Waals surface area contributed by atoms with Gasteiger partial charge < -0.3 is 5.32 Å². The molecule has 0 bridgehead atoms. The van der Waals surface area contributed by atoms with Crippen molar-refractivity contribution in [3.8, 4) is 0 Å². The smallest absolute Gasteiger partial charge is 0.141 e. The van der Waals surface area contributed by atoms with Gasteiger partial charge in [-0.25, -0.2) is 9.67 Å². The third-order valence-electron chi connectivity index (χ3n) is 2.03. The van der Waals surface area contributed by atoms with E-state index in [1.54, 1.807) is 6.33 Å². The van der Waals surface area contributed by atoms with E-state index >= 15 is 0 Å². The first-order chi connectivity index (χ1) is 6.70. The lowest BCUT2D eigenvalue weighted by Crippen LogP contribution is -2.37. The van der Waals surface area contributed by atoms with Crippen molar-refractivity contribution in [2.24, 2.45) is 0 Å². The summed E-state index contributed by atoms with van der Waals surface area (Å²) >= 11 is 0. The van der Waals surface area contributed by atoms with E-state index in [1.807, 2.05) is 4.68 Å². The first kappa shape index (κ1) is 12.2. The van der Waals surface area contributed by atoms with Crippen molar-refractivity contribution >= 4 is 0 Å². The molecule has 0 unspecified atom stereocenters. The van der Waals surface area contributed by atoms with Crippen LogP contribution in [-0.4, -0.2) is 20.3 Å². The van der Waals surface area contributed by atoms with E-state index in [0.717, 1.165) is 12.4 Å². The Bertz CT molecular complexity index is 314. The van der Waals surface area contributed by atoms with Crippen LogP contribution in [0.4, 0.5) is 0 Å². The molecule has 1 rings (SSSR count). The van der Waals surface area contributed by atoms with Crippen molar-refractivity contribution in [1.82, 2.24) is 20.1 Å². The van der Waals surface area contributed by atoms with E-state index < -0.39 is 0 Å². The average molecular weight is 210 g/mol. The highest BCUT2D eigenvalue weighted by Crippen LogP contribution is 2.14. The third-order valence-corrected chi connectivity index (χ3v) is 2.03. The van der Waals surface area contributed by atoms with Crippen LogP contribution in [0.3, 0.4) is 0 Å². The van der Waals surface area contributed by atoms with Crippen LogP contribution in [0.2, 0.25) is 0 Å². The molecule has 0 amide bonds. The Morgan fingerprint density at radius 3 is 2.27 bits per heavy atom.